The van der Waals surface area contributed by atoms with Gasteiger partial charge in [0, 0.05) is 16.9 Å². The number of nitrogens with one attached hydrogen (secondary N) is 1. The number of para-hydroxylation sites is 1. The van der Waals surface area contributed by atoms with Gasteiger partial charge in [-0.2, -0.15) is 0 Å². The molecule has 1 atom stereocenters. The molecular weight excluding hydrogens is 819 g/mol. The van der Waals surface area contributed by atoms with Crippen LogP contribution in [0.5, 0.6) is 0 Å². The van der Waals surface area contributed by atoms with E-state index in [1.54, 1.807) is 11.1 Å². The maximum absolute atomic E-state index is 3.78. The first-order valence-corrected chi connectivity index (χ1v) is 24.5. The standard InChI is InChI=1S/C67H57N/c1-4-19-55-46(2)32-33-47(3)66(55)60-45-53(41-43-65(60)68-54-24-9-6-10-25-54)51(38-34-48-35-39-52(40-36-48)50-21-7-5-8-22-50)23-12-11-20-49-37-42-59-58-28-15-18-31-63(58)67(64(59)44-49)61-29-16-13-26-56(61)57-27-14-17-30-62(57)67/h4-16,19,21-29,32-45,68H,17-18,20,30-31H2,1-3H3/b12-11+,19-4-,38-34-,51-23+. The predicted molar refractivity (Wildman–Crippen MR) is 292 cm³/mol. The maximum atomic E-state index is 3.78. The van der Waals surface area contributed by atoms with E-state index in [2.05, 4.69) is 251 Å². The number of aryl methyl sites for hydroxylation is 2. The molecule has 0 saturated heterocycles. The van der Waals surface area contributed by atoms with Gasteiger partial charge in [-0.1, -0.05) is 200 Å². The van der Waals surface area contributed by atoms with E-state index in [0.717, 1.165) is 60.2 Å². The van der Waals surface area contributed by atoms with Gasteiger partial charge in [-0.3, -0.25) is 0 Å². The van der Waals surface area contributed by atoms with Crippen molar-refractivity contribution in [3.63, 3.8) is 0 Å². The predicted octanol–water partition coefficient (Wildman–Crippen LogP) is 17.8. The van der Waals surface area contributed by atoms with Crippen molar-refractivity contribution in [1.82, 2.24) is 0 Å². The molecule has 1 spiro atoms. The van der Waals surface area contributed by atoms with Gasteiger partial charge < -0.3 is 5.32 Å². The highest BCUT2D eigenvalue weighted by Crippen LogP contribution is 2.64. The zero-order valence-corrected chi connectivity index (χ0v) is 39.4. The van der Waals surface area contributed by atoms with Gasteiger partial charge in [-0.25, -0.2) is 0 Å². The highest BCUT2D eigenvalue weighted by atomic mass is 14.9. The fraction of sp³-hybridized carbons (Fsp3) is 0.134. The molecule has 0 radical (unpaired) electrons. The van der Waals surface area contributed by atoms with E-state index in [1.807, 2.05) is 0 Å². The van der Waals surface area contributed by atoms with Crippen molar-refractivity contribution >= 4 is 40.2 Å². The summed E-state index contributed by atoms with van der Waals surface area (Å²) in [6.07, 6.45) is 30.7. The van der Waals surface area contributed by atoms with E-state index in [0.29, 0.717) is 0 Å². The Kier molecular flexibility index (Phi) is 11.7. The zero-order valence-electron chi connectivity index (χ0n) is 39.4. The lowest BCUT2D eigenvalue weighted by atomic mass is 9.66. The largest absolute Gasteiger partial charge is 0.355 e. The van der Waals surface area contributed by atoms with Crippen LogP contribution in [-0.4, -0.2) is 0 Å². The van der Waals surface area contributed by atoms with Crippen LogP contribution in [0.1, 0.15) is 88.2 Å². The monoisotopic (exact) mass is 875 g/mol. The number of hydrogen-bond donors (Lipinski definition) is 1. The van der Waals surface area contributed by atoms with E-state index >= 15 is 0 Å². The summed E-state index contributed by atoms with van der Waals surface area (Å²) in [6.45, 7) is 6.55. The van der Waals surface area contributed by atoms with Crippen molar-refractivity contribution in [3.05, 3.63) is 279 Å². The first kappa shape index (κ1) is 42.9. The molecule has 11 rings (SSSR count). The summed E-state index contributed by atoms with van der Waals surface area (Å²) < 4.78 is 0. The van der Waals surface area contributed by atoms with Gasteiger partial charge in [0.2, 0.25) is 0 Å². The van der Waals surface area contributed by atoms with Crippen molar-refractivity contribution in [2.75, 3.05) is 5.32 Å². The minimum Gasteiger partial charge on any atom is -0.355 e. The van der Waals surface area contributed by atoms with E-state index < -0.39 is 0 Å². The summed E-state index contributed by atoms with van der Waals surface area (Å²) in [4.78, 5) is 0. The number of anilines is 2. The SMILES string of the molecule is C/C=C\c1c(C)ccc(C)c1-c1cc(C(/C=C\c2ccc(-c3ccccc3)cc2)=C/C=C/Cc2ccc3c(c2)C2(C4=C(C=CCC4)c4ccccc42)C2=C3C=CCC2)ccc1Nc1ccccc1. The molecule has 1 nitrogen and oxygen atoms in total. The van der Waals surface area contributed by atoms with Crippen molar-refractivity contribution < 1.29 is 0 Å². The van der Waals surface area contributed by atoms with Crippen molar-refractivity contribution in [3.8, 4) is 22.3 Å². The molecule has 4 aliphatic rings. The minimum atomic E-state index is -0.176. The Bertz CT molecular complexity index is 3320. The van der Waals surface area contributed by atoms with Crippen LogP contribution in [0.3, 0.4) is 0 Å². The van der Waals surface area contributed by atoms with Gasteiger partial charge >= 0.3 is 0 Å². The number of fused-ring (bicyclic) bond motifs is 8. The highest BCUT2D eigenvalue weighted by Gasteiger charge is 2.53. The lowest BCUT2D eigenvalue weighted by molar-refractivity contribution is 0.660. The second kappa shape index (κ2) is 18.5. The molecular formula is C67H57N. The number of hydrogen-bond acceptors (Lipinski definition) is 1. The quantitative estimate of drug-likeness (QED) is 0.128. The summed E-state index contributed by atoms with van der Waals surface area (Å²) >= 11 is 0. The fourth-order valence-electron chi connectivity index (χ4n) is 11.4. The second-order valence-electron chi connectivity index (χ2n) is 18.7. The molecule has 0 heterocycles. The molecule has 0 aliphatic heterocycles. The van der Waals surface area contributed by atoms with E-state index in [4.69, 9.17) is 0 Å². The van der Waals surface area contributed by atoms with Crippen LogP contribution >= 0.6 is 0 Å². The topological polar surface area (TPSA) is 12.0 Å². The highest BCUT2D eigenvalue weighted by molar-refractivity contribution is 5.99. The molecule has 0 aromatic heterocycles. The molecule has 1 unspecified atom stereocenters. The smallest absolute Gasteiger partial charge is 0.0651 e. The van der Waals surface area contributed by atoms with Gasteiger partial charge in [-0.15, -0.1) is 0 Å². The molecule has 1 heteroatoms. The Morgan fingerprint density at radius 2 is 1.28 bits per heavy atom. The number of allylic oxidation sites excluding steroid dienone is 14. The normalized spacial score (nSPS) is 17.2. The zero-order chi connectivity index (χ0) is 46.0. The van der Waals surface area contributed by atoms with Gasteiger partial charge in [0.25, 0.3) is 0 Å². The molecule has 1 N–H and O–H groups in total. The Labute approximate surface area is 403 Å². The number of benzene rings is 7. The Hall–Kier alpha value is -7.74. The van der Waals surface area contributed by atoms with E-state index in [1.165, 1.54) is 77.9 Å². The molecule has 330 valence electrons. The lowest BCUT2D eigenvalue weighted by Crippen LogP contribution is -2.29. The van der Waals surface area contributed by atoms with Gasteiger partial charge in [0.05, 0.1) is 5.41 Å². The van der Waals surface area contributed by atoms with Crippen molar-refractivity contribution in [2.45, 2.75) is 58.3 Å². The van der Waals surface area contributed by atoms with E-state index in [-0.39, 0.29) is 5.41 Å². The second-order valence-corrected chi connectivity index (χ2v) is 18.7. The van der Waals surface area contributed by atoms with Crippen LogP contribution in [0, 0.1) is 13.8 Å². The Morgan fingerprint density at radius 1 is 0.603 bits per heavy atom. The van der Waals surface area contributed by atoms with Crippen LogP contribution in [0.4, 0.5) is 11.4 Å². The Morgan fingerprint density at radius 3 is 2.03 bits per heavy atom. The summed E-state index contributed by atoms with van der Waals surface area (Å²) in [5.74, 6) is 0. The molecule has 0 fully saturated rings. The molecule has 4 aliphatic carbocycles. The summed E-state index contributed by atoms with van der Waals surface area (Å²) in [5, 5.41) is 3.78. The average molecular weight is 876 g/mol. The first-order valence-electron chi connectivity index (χ1n) is 24.5. The van der Waals surface area contributed by atoms with Gasteiger partial charge in [-0.05, 0) is 177 Å². The molecule has 68 heavy (non-hydrogen) atoms. The number of rotatable bonds is 11. The lowest BCUT2D eigenvalue weighted by Gasteiger charge is -2.36. The van der Waals surface area contributed by atoms with Crippen molar-refractivity contribution in [2.24, 2.45) is 0 Å². The third-order valence-electron chi connectivity index (χ3n) is 14.6. The average Bonchev–Trinajstić information content (AvgIpc) is 3.85. The van der Waals surface area contributed by atoms with Gasteiger partial charge in [0.1, 0.15) is 0 Å². The molecule has 0 bridgehead atoms. The van der Waals surface area contributed by atoms with E-state index in [9.17, 15) is 0 Å². The van der Waals surface area contributed by atoms with Crippen LogP contribution in [0.25, 0.3) is 51.1 Å². The fourth-order valence-corrected chi connectivity index (χ4v) is 11.4. The van der Waals surface area contributed by atoms with Crippen LogP contribution in [0.2, 0.25) is 0 Å². The van der Waals surface area contributed by atoms with Crippen LogP contribution in [-0.2, 0) is 11.8 Å². The summed E-state index contributed by atoms with van der Waals surface area (Å²) in [5.41, 5.74) is 27.3. The summed E-state index contributed by atoms with van der Waals surface area (Å²) in [7, 11) is 0. The third kappa shape index (κ3) is 7.72. The Balaban J connectivity index is 0.985. The first-order chi connectivity index (χ1) is 33.5. The maximum Gasteiger partial charge on any atom is 0.0651 e. The molecule has 0 amide bonds. The molecule has 0 saturated carbocycles. The molecule has 7 aromatic rings. The third-order valence-corrected chi connectivity index (χ3v) is 14.6. The van der Waals surface area contributed by atoms with Crippen molar-refractivity contribution in [1.29, 1.82) is 0 Å². The van der Waals surface area contributed by atoms with Gasteiger partial charge in [0.15, 0.2) is 0 Å². The minimum absolute atomic E-state index is 0.176. The molecule has 7 aromatic carbocycles. The van der Waals surface area contributed by atoms with Crippen LogP contribution < -0.4 is 5.32 Å². The summed E-state index contributed by atoms with van der Waals surface area (Å²) in [6, 6.07) is 58.0. The van der Waals surface area contributed by atoms with Crippen LogP contribution in [0.15, 0.2) is 224 Å².